The molecule has 3 nitrogen and oxygen atoms in total. The van der Waals surface area contributed by atoms with E-state index in [-0.39, 0.29) is 5.97 Å². The Bertz CT molecular complexity index is 489. The quantitative estimate of drug-likeness (QED) is 0.782. The Balaban J connectivity index is 1.81. The van der Waals surface area contributed by atoms with E-state index in [1.165, 1.54) is 49.5 Å². The zero-order valence-electron chi connectivity index (χ0n) is 11.4. The lowest BCUT2D eigenvalue weighted by atomic mass is 9.78. The van der Waals surface area contributed by atoms with Gasteiger partial charge < -0.3 is 9.47 Å². The van der Waals surface area contributed by atoms with Crippen LogP contribution in [-0.2, 0) is 33.5 Å². The fourth-order valence-electron chi connectivity index (χ4n) is 3.14. The molecule has 3 rings (SSSR count). The Morgan fingerprint density at radius 2 is 2.00 bits per heavy atom. The number of methoxy groups -OCH3 is 1. The predicted molar refractivity (Wildman–Crippen MR) is 72.1 cm³/mol. The van der Waals surface area contributed by atoms with E-state index in [1.807, 2.05) is 0 Å². The number of aryl methyl sites for hydroxylation is 2. The molecule has 1 heterocycles. The Labute approximate surface area is 113 Å². The minimum Gasteiger partial charge on any atom is -0.468 e. The maximum absolute atomic E-state index is 11.9. The van der Waals surface area contributed by atoms with Crippen molar-refractivity contribution >= 4 is 5.97 Å². The van der Waals surface area contributed by atoms with Gasteiger partial charge in [-0.3, -0.25) is 4.79 Å². The van der Waals surface area contributed by atoms with Crippen molar-refractivity contribution in [3.05, 3.63) is 34.9 Å². The summed E-state index contributed by atoms with van der Waals surface area (Å²) in [7, 11) is 1.45. The van der Waals surface area contributed by atoms with E-state index in [1.54, 1.807) is 0 Å². The first-order chi connectivity index (χ1) is 9.23. The van der Waals surface area contributed by atoms with Crippen LogP contribution in [0.2, 0.25) is 0 Å². The summed E-state index contributed by atoms with van der Waals surface area (Å²) < 4.78 is 10.2. The molecular weight excluding hydrogens is 240 g/mol. The van der Waals surface area contributed by atoms with Crippen LogP contribution in [0.1, 0.15) is 29.5 Å². The highest BCUT2D eigenvalue weighted by atomic mass is 16.5. The molecule has 19 heavy (non-hydrogen) atoms. The average Bonchev–Trinajstić information content (AvgIpc) is 2.42. The van der Waals surface area contributed by atoms with Gasteiger partial charge in [0.25, 0.3) is 0 Å². The summed E-state index contributed by atoms with van der Waals surface area (Å²) in [5.74, 6) is -0.142. The first-order valence-corrected chi connectivity index (χ1v) is 7.00. The summed E-state index contributed by atoms with van der Waals surface area (Å²) in [5.41, 5.74) is 3.72. The number of carbonyl (C=O) groups is 1. The van der Waals surface area contributed by atoms with Crippen molar-refractivity contribution in [1.29, 1.82) is 0 Å². The van der Waals surface area contributed by atoms with Crippen LogP contribution in [0.15, 0.2) is 18.2 Å². The average molecular weight is 260 g/mol. The van der Waals surface area contributed by atoms with Gasteiger partial charge in [0.2, 0.25) is 0 Å². The van der Waals surface area contributed by atoms with Crippen LogP contribution in [0.5, 0.6) is 0 Å². The smallest absolute Gasteiger partial charge is 0.316 e. The molecule has 1 aliphatic heterocycles. The molecule has 0 bridgehead atoms. The van der Waals surface area contributed by atoms with E-state index < -0.39 is 5.41 Å². The number of hydrogen-bond acceptors (Lipinski definition) is 3. The van der Waals surface area contributed by atoms with Gasteiger partial charge in [-0.25, -0.2) is 0 Å². The van der Waals surface area contributed by atoms with Gasteiger partial charge in [-0.1, -0.05) is 18.2 Å². The molecule has 1 fully saturated rings. The van der Waals surface area contributed by atoms with Crippen LogP contribution >= 0.6 is 0 Å². The van der Waals surface area contributed by atoms with Crippen molar-refractivity contribution in [1.82, 2.24) is 0 Å². The van der Waals surface area contributed by atoms with Gasteiger partial charge in [-0.2, -0.15) is 0 Å². The molecule has 0 N–H and O–H groups in total. The van der Waals surface area contributed by atoms with Crippen LogP contribution < -0.4 is 0 Å². The number of hydrogen-bond donors (Lipinski definition) is 0. The van der Waals surface area contributed by atoms with Gasteiger partial charge in [-0.05, 0) is 48.8 Å². The van der Waals surface area contributed by atoms with Crippen molar-refractivity contribution in [2.45, 2.75) is 32.1 Å². The van der Waals surface area contributed by atoms with Gasteiger partial charge in [0.15, 0.2) is 0 Å². The van der Waals surface area contributed by atoms with Crippen LogP contribution in [0.3, 0.4) is 0 Å². The Morgan fingerprint density at radius 3 is 2.63 bits per heavy atom. The molecule has 1 aromatic rings. The lowest BCUT2D eigenvalue weighted by molar-refractivity contribution is -0.182. The molecule has 1 aliphatic carbocycles. The number of carbonyl (C=O) groups excluding carboxylic acids is 1. The summed E-state index contributed by atoms with van der Waals surface area (Å²) in [5, 5.41) is 0. The van der Waals surface area contributed by atoms with E-state index in [0.29, 0.717) is 13.2 Å². The molecule has 0 radical (unpaired) electrons. The van der Waals surface area contributed by atoms with E-state index in [0.717, 1.165) is 6.42 Å². The molecule has 1 saturated heterocycles. The molecule has 0 spiro atoms. The normalized spacial score (nSPS) is 20.3. The number of fused-ring (bicyclic) bond motifs is 1. The van der Waals surface area contributed by atoms with Crippen molar-refractivity contribution in [3.63, 3.8) is 0 Å². The monoisotopic (exact) mass is 260 g/mol. The van der Waals surface area contributed by atoms with Crippen molar-refractivity contribution < 1.29 is 14.3 Å². The van der Waals surface area contributed by atoms with Crippen molar-refractivity contribution in [2.24, 2.45) is 5.41 Å². The third kappa shape index (κ3) is 2.27. The third-order valence-electron chi connectivity index (χ3n) is 4.33. The molecule has 2 aliphatic rings. The van der Waals surface area contributed by atoms with Crippen LogP contribution in [-0.4, -0.2) is 26.3 Å². The molecule has 0 saturated carbocycles. The standard InChI is InChI=1S/C16H20O3/c1-18-15(17)16(10-19-11-16)9-12-6-7-13-4-2-3-5-14(13)8-12/h6-8H,2-5,9-11H2,1H3. The summed E-state index contributed by atoms with van der Waals surface area (Å²) in [6.07, 6.45) is 5.67. The minimum atomic E-state index is -0.447. The SMILES string of the molecule is COC(=O)C1(Cc2ccc3c(c2)CCCC3)COC1. The largest absolute Gasteiger partial charge is 0.468 e. The van der Waals surface area contributed by atoms with E-state index in [4.69, 9.17) is 9.47 Å². The van der Waals surface area contributed by atoms with Gasteiger partial charge in [-0.15, -0.1) is 0 Å². The van der Waals surface area contributed by atoms with E-state index in [9.17, 15) is 4.79 Å². The topological polar surface area (TPSA) is 35.5 Å². The Hall–Kier alpha value is -1.35. The zero-order valence-corrected chi connectivity index (χ0v) is 11.4. The van der Waals surface area contributed by atoms with Gasteiger partial charge >= 0.3 is 5.97 Å². The van der Waals surface area contributed by atoms with E-state index >= 15 is 0 Å². The summed E-state index contributed by atoms with van der Waals surface area (Å²) in [4.78, 5) is 11.9. The molecule has 1 aromatic carbocycles. The number of esters is 1. The molecule has 3 heteroatoms. The fraction of sp³-hybridized carbons (Fsp3) is 0.562. The summed E-state index contributed by atoms with van der Waals surface area (Å²) in [6.45, 7) is 0.966. The molecule has 0 aromatic heterocycles. The van der Waals surface area contributed by atoms with Crippen LogP contribution in [0, 0.1) is 5.41 Å². The van der Waals surface area contributed by atoms with Gasteiger partial charge in [0.05, 0.1) is 20.3 Å². The molecule has 0 unspecified atom stereocenters. The predicted octanol–water partition coefficient (Wildman–Crippen LogP) is 2.30. The first-order valence-electron chi connectivity index (χ1n) is 7.00. The second-order valence-electron chi connectivity index (χ2n) is 5.75. The molecular formula is C16H20O3. The first kappa shape index (κ1) is 12.7. The minimum absolute atomic E-state index is 0.142. The molecule has 102 valence electrons. The lowest BCUT2D eigenvalue weighted by Crippen LogP contribution is -2.51. The highest BCUT2D eigenvalue weighted by molar-refractivity contribution is 5.78. The molecule has 0 amide bonds. The second-order valence-corrected chi connectivity index (χ2v) is 5.75. The number of ether oxygens (including phenoxy) is 2. The zero-order chi connectivity index (χ0) is 13.3. The fourth-order valence-corrected chi connectivity index (χ4v) is 3.14. The third-order valence-corrected chi connectivity index (χ3v) is 4.33. The maximum atomic E-state index is 11.9. The van der Waals surface area contributed by atoms with E-state index in [2.05, 4.69) is 18.2 Å². The van der Waals surface area contributed by atoms with Gasteiger partial charge in [0.1, 0.15) is 5.41 Å². The number of rotatable bonds is 3. The Kier molecular flexibility index (Phi) is 3.31. The second kappa shape index (κ2) is 4.97. The van der Waals surface area contributed by atoms with Gasteiger partial charge in [0, 0.05) is 0 Å². The van der Waals surface area contributed by atoms with Crippen LogP contribution in [0.25, 0.3) is 0 Å². The highest BCUT2D eigenvalue weighted by Crippen LogP contribution is 2.34. The van der Waals surface area contributed by atoms with Crippen molar-refractivity contribution in [2.75, 3.05) is 20.3 Å². The van der Waals surface area contributed by atoms with Crippen molar-refractivity contribution in [3.8, 4) is 0 Å². The Morgan fingerprint density at radius 1 is 1.26 bits per heavy atom. The summed E-state index contributed by atoms with van der Waals surface area (Å²) >= 11 is 0. The number of benzene rings is 1. The lowest BCUT2D eigenvalue weighted by Gasteiger charge is -2.38. The summed E-state index contributed by atoms with van der Waals surface area (Å²) in [6, 6.07) is 6.67. The van der Waals surface area contributed by atoms with Crippen LogP contribution in [0.4, 0.5) is 0 Å². The maximum Gasteiger partial charge on any atom is 0.316 e. The highest BCUT2D eigenvalue weighted by Gasteiger charge is 2.47. The molecule has 0 atom stereocenters.